The van der Waals surface area contributed by atoms with Gasteiger partial charge < -0.3 is 23.1 Å². The van der Waals surface area contributed by atoms with E-state index in [4.69, 9.17) is 23.1 Å². The number of carbonyl (C=O) groups excluding carboxylic acids is 2. The Labute approximate surface area is 167 Å². The Bertz CT molecular complexity index is 540. The summed E-state index contributed by atoms with van der Waals surface area (Å²) in [5.41, 5.74) is 0. The molecule has 2 heterocycles. The van der Waals surface area contributed by atoms with Crippen molar-refractivity contribution in [2.75, 3.05) is 31.8 Å². The molecule has 5 atom stereocenters. The molecule has 0 saturated carbocycles. The second-order valence-corrected chi connectivity index (χ2v) is 8.75. The van der Waals surface area contributed by atoms with Gasteiger partial charge in [-0.1, -0.05) is 23.2 Å². The fourth-order valence-electron chi connectivity index (χ4n) is 2.89. The second-order valence-electron chi connectivity index (χ2n) is 6.29. The first-order chi connectivity index (χ1) is 13.0. The maximum absolute atomic E-state index is 12.0. The minimum absolute atomic E-state index is 0.249. The van der Waals surface area contributed by atoms with Gasteiger partial charge in [-0.05, 0) is 24.0 Å². The van der Waals surface area contributed by atoms with Crippen molar-refractivity contribution in [3.05, 3.63) is 12.0 Å². The van der Waals surface area contributed by atoms with Gasteiger partial charge in [0.2, 0.25) is 0 Å². The molecule has 0 amide bonds. The molecule has 0 aromatic rings. The van der Waals surface area contributed by atoms with Gasteiger partial charge in [-0.3, -0.25) is 9.59 Å². The number of ether oxygens (including phenoxy) is 4. The van der Waals surface area contributed by atoms with Gasteiger partial charge >= 0.3 is 11.9 Å². The van der Waals surface area contributed by atoms with Gasteiger partial charge in [-0.2, -0.15) is 0 Å². The average molecular weight is 421 g/mol. The van der Waals surface area contributed by atoms with E-state index in [1.54, 1.807) is 17.2 Å². The van der Waals surface area contributed by atoms with Crippen LogP contribution in [-0.2, 0) is 32.7 Å². The van der Waals surface area contributed by atoms with Gasteiger partial charge in [0, 0.05) is 19.1 Å². The molecule has 0 aromatic carbocycles. The molecule has 2 rings (SSSR count). The van der Waals surface area contributed by atoms with E-state index in [-0.39, 0.29) is 54.5 Å². The van der Waals surface area contributed by atoms with Crippen LogP contribution < -0.4 is 0 Å². The van der Waals surface area contributed by atoms with Crippen molar-refractivity contribution in [3.8, 4) is 0 Å². The first kappa shape index (κ1) is 22.4. The molecule has 2 aliphatic rings. The number of hydrogen-bond donors (Lipinski definition) is 0. The number of carbonyl (C=O) groups is 2. The molecule has 9 heteroatoms. The number of hydrogen-bond acceptors (Lipinski definition) is 8. The van der Waals surface area contributed by atoms with Gasteiger partial charge in [-0.15, -0.1) is 11.8 Å². The first-order valence-corrected chi connectivity index (χ1v) is 11.7. The van der Waals surface area contributed by atoms with Crippen molar-refractivity contribution in [3.63, 3.8) is 0 Å². The van der Waals surface area contributed by atoms with E-state index in [9.17, 15) is 9.59 Å². The van der Waals surface area contributed by atoms with Crippen molar-refractivity contribution < 1.29 is 32.7 Å². The van der Waals surface area contributed by atoms with Crippen LogP contribution in [0.2, 0.25) is 0 Å². The summed E-state index contributed by atoms with van der Waals surface area (Å²) in [7, 11) is -0.340. The monoisotopic (exact) mass is 420 g/mol. The van der Waals surface area contributed by atoms with E-state index in [0.29, 0.717) is 19.4 Å². The van der Waals surface area contributed by atoms with Crippen molar-refractivity contribution in [2.24, 2.45) is 0 Å². The normalized spacial score (nSPS) is 27.7. The Morgan fingerprint density at radius 2 is 1.67 bits per heavy atom. The van der Waals surface area contributed by atoms with E-state index in [2.05, 4.69) is 12.4 Å². The quantitative estimate of drug-likeness (QED) is 0.270. The van der Waals surface area contributed by atoms with Crippen LogP contribution in [0.5, 0.6) is 0 Å². The van der Waals surface area contributed by atoms with E-state index in [1.165, 1.54) is 0 Å². The minimum Gasteiger partial charge on any atom is -0.457 e. The standard InChI is InChI=1S/C18H28O7S2/c1-4-26-10-6-8-16(20)25-14-12-22-17-13(11-21-18(14)17)24-15(19)7-5-9-23-27(2)3/h4,13-14,17-18H,1-2,5-12H2,3H3/t13-,14+,17?,18?,27?/m0/s1. The summed E-state index contributed by atoms with van der Waals surface area (Å²) in [4.78, 5) is 23.9. The summed E-state index contributed by atoms with van der Waals surface area (Å²) in [5.74, 6) is 4.00. The maximum Gasteiger partial charge on any atom is 0.306 e. The zero-order chi connectivity index (χ0) is 19.6. The summed E-state index contributed by atoms with van der Waals surface area (Å²) in [5, 5.41) is 1.75. The highest BCUT2D eigenvalue weighted by Crippen LogP contribution is 2.31. The van der Waals surface area contributed by atoms with E-state index in [1.807, 2.05) is 6.26 Å². The number of fused-ring (bicyclic) bond motifs is 1. The van der Waals surface area contributed by atoms with Crippen LogP contribution in [0.4, 0.5) is 0 Å². The molecular weight excluding hydrogens is 392 g/mol. The summed E-state index contributed by atoms with van der Waals surface area (Å²) >= 11 is 1.57. The van der Waals surface area contributed by atoms with Crippen molar-refractivity contribution in [1.29, 1.82) is 0 Å². The number of thioether (sulfide) groups is 1. The highest BCUT2D eigenvalue weighted by molar-refractivity contribution is 8.09. The molecule has 0 radical (unpaired) electrons. The molecule has 0 spiro atoms. The van der Waals surface area contributed by atoms with E-state index in [0.717, 1.165) is 12.2 Å². The lowest BCUT2D eigenvalue weighted by Gasteiger charge is -2.17. The van der Waals surface area contributed by atoms with Crippen LogP contribution in [0.15, 0.2) is 12.0 Å². The first-order valence-electron chi connectivity index (χ1n) is 8.95. The molecule has 3 unspecified atom stereocenters. The van der Waals surface area contributed by atoms with E-state index < -0.39 is 12.2 Å². The van der Waals surface area contributed by atoms with Crippen molar-refractivity contribution in [2.45, 2.75) is 50.1 Å². The highest BCUT2D eigenvalue weighted by Gasteiger charge is 2.51. The fourth-order valence-corrected chi connectivity index (χ4v) is 3.77. The van der Waals surface area contributed by atoms with Crippen LogP contribution in [-0.4, -0.2) is 74.1 Å². The zero-order valence-electron chi connectivity index (χ0n) is 15.6. The Balaban J connectivity index is 1.68. The largest absolute Gasteiger partial charge is 0.457 e. The van der Waals surface area contributed by atoms with Crippen LogP contribution in [0, 0.1) is 0 Å². The summed E-state index contributed by atoms with van der Waals surface area (Å²) in [6.45, 7) is 4.60. The zero-order valence-corrected chi connectivity index (χ0v) is 17.3. The highest BCUT2D eigenvalue weighted by atomic mass is 32.2. The molecule has 0 N–H and O–H groups in total. The molecule has 2 aliphatic heterocycles. The molecule has 0 bridgehead atoms. The fraction of sp³-hybridized carbons (Fsp3) is 0.722. The lowest BCUT2D eigenvalue weighted by atomic mass is 10.1. The minimum atomic E-state index is -0.468. The van der Waals surface area contributed by atoms with Crippen LogP contribution >= 0.6 is 22.5 Å². The smallest absolute Gasteiger partial charge is 0.306 e. The summed E-state index contributed by atoms with van der Waals surface area (Å²) in [6, 6.07) is 0. The topological polar surface area (TPSA) is 80.3 Å². The molecule has 2 fully saturated rings. The van der Waals surface area contributed by atoms with Crippen molar-refractivity contribution >= 4 is 40.3 Å². The predicted octanol–water partition coefficient (Wildman–Crippen LogP) is 2.31. The van der Waals surface area contributed by atoms with Crippen LogP contribution in [0.1, 0.15) is 25.7 Å². The average Bonchev–Trinajstić information content (AvgIpc) is 3.19. The second kappa shape index (κ2) is 11.9. The molecule has 0 aliphatic carbocycles. The summed E-state index contributed by atoms with van der Waals surface area (Å²) in [6.07, 6.45) is 2.11. The van der Waals surface area contributed by atoms with Crippen molar-refractivity contribution in [1.82, 2.24) is 0 Å². The molecule has 154 valence electrons. The third kappa shape index (κ3) is 7.57. The van der Waals surface area contributed by atoms with Gasteiger partial charge in [0.1, 0.15) is 12.2 Å². The van der Waals surface area contributed by atoms with Gasteiger partial charge in [-0.25, -0.2) is 0 Å². The molecule has 2 saturated heterocycles. The van der Waals surface area contributed by atoms with Crippen LogP contribution in [0.3, 0.4) is 0 Å². The Morgan fingerprint density at radius 3 is 2.19 bits per heavy atom. The SMILES string of the molecule is C=CSCCCC(=O)O[C@@H]1COC2C1OC[C@@H]2OC(=O)CCCOS(=C)C. The molecule has 7 nitrogen and oxygen atoms in total. The van der Waals surface area contributed by atoms with E-state index >= 15 is 0 Å². The molecular formula is C18H28O7S2. The number of esters is 2. The van der Waals surface area contributed by atoms with Crippen LogP contribution in [0.25, 0.3) is 0 Å². The summed E-state index contributed by atoms with van der Waals surface area (Å²) < 4.78 is 27.6. The third-order valence-electron chi connectivity index (χ3n) is 4.10. The lowest BCUT2D eigenvalue weighted by Crippen LogP contribution is -2.36. The maximum atomic E-state index is 12.0. The van der Waals surface area contributed by atoms with Gasteiger partial charge in [0.15, 0.2) is 12.2 Å². The third-order valence-corrected chi connectivity index (χ3v) is 5.43. The Hall–Kier alpha value is -0.870. The predicted molar refractivity (Wildman–Crippen MR) is 107 cm³/mol. The molecule has 0 aromatic heterocycles. The Morgan fingerprint density at radius 1 is 1.11 bits per heavy atom. The lowest BCUT2D eigenvalue weighted by molar-refractivity contribution is -0.155. The van der Waals surface area contributed by atoms with Gasteiger partial charge in [0.25, 0.3) is 0 Å². The Kier molecular flexibility index (Phi) is 9.84. The molecule has 27 heavy (non-hydrogen) atoms. The van der Waals surface area contributed by atoms with Gasteiger partial charge in [0.05, 0.1) is 19.8 Å². The number of rotatable bonds is 12.